The van der Waals surface area contributed by atoms with Gasteiger partial charge in [-0.3, -0.25) is 14.2 Å². The zero-order valence-electron chi connectivity index (χ0n) is 20.1. The first-order chi connectivity index (χ1) is 18.0. The van der Waals surface area contributed by atoms with E-state index in [2.05, 4.69) is 20.3 Å². The van der Waals surface area contributed by atoms with Gasteiger partial charge in [-0.2, -0.15) is 9.97 Å². The van der Waals surface area contributed by atoms with Gasteiger partial charge in [0.05, 0.1) is 30.3 Å². The number of anilines is 2. The van der Waals surface area contributed by atoms with Crippen LogP contribution < -0.4 is 10.2 Å². The summed E-state index contributed by atoms with van der Waals surface area (Å²) in [5, 5.41) is 3.35. The molecule has 1 saturated carbocycles. The van der Waals surface area contributed by atoms with E-state index in [1.54, 1.807) is 35.2 Å². The Labute approximate surface area is 211 Å². The fourth-order valence-corrected chi connectivity index (χ4v) is 5.19. The largest absolute Gasteiger partial charge is 0.378 e. The van der Waals surface area contributed by atoms with Crippen LogP contribution in [0, 0.1) is 5.92 Å². The number of rotatable bonds is 6. The molecule has 0 unspecified atom stereocenters. The molecule has 2 aliphatic heterocycles. The number of para-hydroxylation sites is 2. The van der Waals surface area contributed by atoms with E-state index in [0.717, 1.165) is 0 Å². The molecule has 4 heterocycles. The predicted molar refractivity (Wildman–Crippen MR) is 131 cm³/mol. The molecular weight excluding hydrogens is 484 g/mol. The van der Waals surface area contributed by atoms with Gasteiger partial charge in [0, 0.05) is 51.0 Å². The Morgan fingerprint density at radius 2 is 1.89 bits per heavy atom. The summed E-state index contributed by atoms with van der Waals surface area (Å²) >= 11 is 0. The lowest BCUT2D eigenvalue weighted by atomic mass is 10.0. The van der Waals surface area contributed by atoms with Crippen molar-refractivity contribution in [3.05, 3.63) is 36.2 Å². The van der Waals surface area contributed by atoms with Gasteiger partial charge in [-0.05, 0) is 18.6 Å². The molecule has 1 aliphatic carbocycles. The van der Waals surface area contributed by atoms with Crippen LogP contribution in [0.3, 0.4) is 0 Å². The Bertz CT molecular complexity index is 1340. The number of aromatic nitrogens is 4. The number of benzene rings is 1. The molecule has 37 heavy (non-hydrogen) atoms. The summed E-state index contributed by atoms with van der Waals surface area (Å²) in [5.41, 5.74) is 0.985. The lowest BCUT2D eigenvalue weighted by molar-refractivity contribution is -0.140. The van der Waals surface area contributed by atoms with Gasteiger partial charge >= 0.3 is 0 Å². The van der Waals surface area contributed by atoms with Crippen LogP contribution >= 0.6 is 0 Å². The molecule has 194 valence electrons. The number of morpholine rings is 1. The normalized spacial score (nSPS) is 20.6. The summed E-state index contributed by atoms with van der Waals surface area (Å²) in [5.74, 6) is 0.760. The summed E-state index contributed by atoms with van der Waals surface area (Å²) in [6, 6.07) is 8.56. The molecule has 2 saturated heterocycles. The SMILES string of the molecule is O=C1CC[C@@H](C(=O)N2CC(Nc3cc(-n4c(C(F)F)nc5ccccc54)nc(N4CCOCC4)n3)C2)C1. The van der Waals surface area contributed by atoms with Crippen LogP contribution in [0.1, 0.15) is 31.5 Å². The third kappa shape index (κ3) is 4.61. The van der Waals surface area contributed by atoms with Crippen LogP contribution in [-0.4, -0.2) is 81.5 Å². The first-order valence-electron chi connectivity index (χ1n) is 12.5. The number of fused-ring (bicyclic) bond motifs is 1. The predicted octanol–water partition coefficient (Wildman–Crippen LogP) is 2.58. The minimum Gasteiger partial charge on any atom is -0.378 e. The number of hydrogen-bond acceptors (Lipinski definition) is 8. The molecule has 12 heteroatoms. The highest BCUT2D eigenvalue weighted by atomic mass is 19.3. The van der Waals surface area contributed by atoms with Gasteiger partial charge in [-0.1, -0.05) is 12.1 Å². The maximum atomic E-state index is 14.0. The molecule has 3 aliphatic rings. The summed E-state index contributed by atoms with van der Waals surface area (Å²) in [7, 11) is 0. The Kier molecular flexibility index (Phi) is 6.19. The fourth-order valence-electron chi connectivity index (χ4n) is 5.19. The zero-order valence-corrected chi connectivity index (χ0v) is 20.1. The van der Waals surface area contributed by atoms with Crippen molar-refractivity contribution >= 4 is 34.5 Å². The lowest BCUT2D eigenvalue weighted by Crippen LogP contribution is -2.58. The summed E-state index contributed by atoms with van der Waals surface area (Å²) < 4.78 is 34.9. The minimum absolute atomic E-state index is 0.0211. The van der Waals surface area contributed by atoms with Crippen LogP contribution in [0.2, 0.25) is 0 Å². The van der Waals surface area contributed by atoms with Crippen LogP contribution in [-0.2, 0) is 14.3 Å². The molecule has 3 aromatic rings. The molecule has 1 aromatic carbocycles. The van der Waals surface area contributed by atoms with E-state index >= 15 is 0 Å². The third-order valence-electron chi connectivity index (χ3n) is 7.15. The smallest absolute Gasteiger partial charge is 0.296 e. The highest BCUT2D eigenvalue weighted by Gasteiger charge is 2.37. The van der Waals surface area contributed by atoms with E-state index in [9.17, 15) is 18.4 Å². The maximum absolute atomic E-state index is 14.0. The Morgan fingerprint density at radius 1 is 1.11 bits per heavy atom. The molecule has 0 radical (unpaired) electrons. The quantitative estimate of drug-likeness (QED) is 0.539. The fraction of sp³-hybridized carbons (Fsp3) is 0.480. The van der Waals surface area contributed by atoms with Crippen molar-refractivity contribution in [1.29, 1.82) is 0 Å². The van der Waals surface area contributed by atoms with Gasteiger partial charge in [0.15, 0.2) is 5.82 Å². The molecule has 1 amide bonds. The first kappa shape index (κ1) is 23.7. The number of nitrogens with one attached hydrogen (secondary N) is 1. The number of likely N-dealkylation sites (tertiary alicyclic amines) is 1. The zero-order chi connectivity index (χ0) is 25.5. The van der Waals surface area contributed by atoms with E-state index in [1.807, 2.05) is 4.90 Å². The number of carbonyl (C=O) groups excluding carboxylic acids is 2. The molecule has 2 aromatic heterocycles. The van der Waals surface area contributed by atoms with Gasteiger partial charge in [0.2, 0.25) is 11.9 Å². The molecule has 0 bridgehead atoms. The van der Waals surface area contributed by atoms with E-state index in [-0.39, 0.29) is 29.5 Å². The number of imidazole rings is 1. The van der Waals surface area contributed by atoms with Crippen molar-refractivity contribution in [2.24, 2.45) is 5.92 Å². The summed E-state index contributed by atoms with van der Waals surface area (Å²) in [4.78, 5) is 41.5. The van der Waals surface area contributed by atoms with Gasteiger partial charge < -0.3 is 19.9 Å². The van der Waals surface area contributed by atoms with Gasteiger partial charge in [-0.15, -0.1) is 0 Å². The molecule has 6 rings (SSSR count). The van der Waals surface area contributed by atoms with Crippen molar-refractivity contribution in [3.8, 4) is 5.82 Å². The summed E-state index contributed by atoms with van der Waals surface area (Å²) in [6.45, 7) is 3.20. The van der Waals surface area contributed by atoms with Gasteiger partial charge in [-0.25, -0.2) is 13.8 Å². The second kappa shape index (κ2) is 9.66. The monoisotopic (exact) mass is 511 g/mol. The highest BCUT2D eigenvalue weighted by Crippen LogP contribution is 2.30. The highest BCUT2D eigenvalue weighted by molar-refractivity contribution is 5.90. The Hall–Kier alpha value is -3.67. The number of hydrogen-bond donors (Lipinski definition) is 1. The Morgan fingerprint density at radius 3 is 2.62 bits per heavy atom. The Balaban J connectivity index is 1.29. The lowest BCUT2D eigenvalue weighted by Gasteiger charge is -2.41. The molecule has 3 fully saturated rings. The van der Waals surface area contributed by atoms with Crippen LogP contribution in [0.25, 0.3) is 16.9 Å². The number of Topliss-reactive ketones (excluding diaryl/α,β-unsaturated/α-hetero) is 1. The van der Waals surface area contributed by atoms with Crippen molar-refractivity contribution < 1.29 is 23.1 Å². The molecule has 1 N–H and O–H groups in total. The van der Waals surface area contributed by atoms with Gasteiger partial charge in [0.25, 0.3) is 6.43 Å². The standard InChI is InChI=1S/C25H27F2N7O3/c26-22(27)23-29-18-3-1-2-4-19(18)34(23)21-12-20(30-25(31-21)32-7-9-37-10-8-32)28-16-13-33(14-16)24(36)15-5-6-17(35)11-15/h1-4,12,15-16,22H,5-11,13-14H2,(H,28,30,31)/t15-/m1/s1. The number of nitrogens with zero attached hydrogens (tertiary/aromatic N) is 6. The van der Waals surface area contributed by atoms with E-state index in [1.165, 1.54) is 4.57 Å². The minimum atomic E-state index is -2.79. The molecular formula is C25H27F2N7O3. The molecule has 0 spiro atoms. The number of amides is 1. The van der Waals surface area contributed by atoms with Gasteiger partial charge in [0.1, 0.15) is 17.4 Å². The van der Waals surface area contributed by atoms with Crippen molar-refractivity contribution in [1.82, 2.24) is 24.4 Å². The van der Waals surface area contributed by atoms with Crippen molar-refractivity contribution in [2.75, 3.05) is 49.6 Å². The van der Waals surface area contributed by atoms with E-state index in [4.69, 9.17) is 4.74 Å². The topological polar surface area (TPSA) is 105 Å². The van der Waals surface area contributed by atoms with Crippen LogP contribution in [0.15, 0.2) is 30.3 Å². The second-order valence-electron chi connectivity index (χ2n) is 9.67. The van der Waals surface area contributed by atoms with Crippen LogP contribution in [0.4, 0.5) is 20.5 Å². The maximum Gasteiger partial charge on any atom is 0.296 e. The van der Waals surface area contributed by atoms with Crippen molar-refractivity contribution in [3.63, 3.8) is 0 Å². The third-order valence-corrected chi connectivity index (χ3v) is 7.15. The number of alkyl halides is 2. The van der Waals surface area contributed by atoms with Crippen molar-refractivity contribution in [2.45, 2.75) is 31.7 Å². The van der Waals surface area contributed by atoms with E-state index < -0.39 is 6.43 Å². The molecule has 10 nitrogen and oxygen atoms in total. The average molecular weight is 512 g/mol. The molecule has 1 atom stereocenters. The number of halogens is 2. The second-order valence-corrected chi connectivity index (χ2v) is 9.67. The van der Waals surface area contributed by atoms with Crippen LogP contribution in [0.5, 0.6) is 0 Å². The average Bonchev–Trinajstić information content (AvgIpc) is 3.50. The first-order valence-corrected chi connectivity index (χ1v) is 12.5. The van der Waals surface area contributed by atoms with E-state index in [0.29, 0.717) is 87.3 Å². The number of ketones is 1. The summed E-state index contributed by atoms with van der Waals surface area (Å²) in [6.07, 6.45) is -1.37. The number of ether oxygens (including phenoxy) is 1. The number of carbonyl (C=O) groups is 2.